The highest BCUT2D eigenvalue weighted by atomic mass is 19.1. The second-order valence-electron chi connectivity index (χ2n) is 7.39. The van der Waals surface area contributed by atoms with Crippen LogP contribution < -0.4 is 4.74 Å². The molecule has 0 amide bonds. The second kappa shape index (κ2) is 9.09. The molecule has 0 bridgehead atoms. The summed E-state index contributed by atoms with van der Waals surface area (Å²) < 4.78 is 25.0. The van der Waals surface area contributed by atoms with Gasteiger partial charge in [-0.15, -0.1) is 0 Å². The Balaban J connectivity index is 1.40. The van der Waals surface area contributed by atoms with E-state index >= 15 is 0 Å². The Morgan fingerprint density at radius 2 is 2.03 bits per heavy atom. The van der Waals surface area contributed by atoms with E-state index in [-0.39, 0.29) is 18.5 Å². The predicted octanol–water partition coefficient (Wildman–Crippen LogP) is 4.21. The molecule has 6 nitrogen and oxygen atoms in total. The molecule has 1 atom stereocenters. The normalized spacial score (nSPS) is 16.6. The Labute approximate surface area is 173 Å². The minimum absolute atomic E-state index is 0.0855. The van der Waals surface area contributed by atoms with Crippen molar-refractivity contribution in [1.29, 1.82) is 0 Å². The largest absolute Gasteiger partial charge is 0.482 e. The highest BCUT2D eigenvalue weighted by molar-refractivity contribution is 5.68. The summed E-state index contributed by atoms with van der Waals surface area (Å²) in [5, 5.41) is 8.69. The van der Waals surface area contributed by atoms with E-state index in [0.717, 1.165) is 31.5 Å². The fourth-order valence-corrected chi connectivity index (χ4v) is 3.75. The highest BCUT2D eigenvalue weighted by Gasteiger charge is 2.30. The molecule has 0 saturated carbocycles. The fourth-order valence-electron chi connectivity index (χ4n) is 3.75. The number of ether oxygens (including phenoxy) is 1. The van der Waals surface area contributed by atoms with E-state index in [1.165, 1.54) is 6.07 Å². The number of hydrogen-bond acceptors (Lipinski definition) is 5. The molecule has 7 heteroatoms. The van der Waals surface area contributed by atoms with E-state index < -0.39 is 5.97 Å². The van der Waals surface area contributed by atoms with Crippen molar-refractivity contribution in [3.05, 3.63) is 83.3 Å². The smallest absolute Gasteiger partial charge is 0.341 e. The monoisotopic (exact) mass is 410 g/mol. The van der Waals surface area contributed by atoms with Gasteiger partial charge >= 0.3 is 5.97 Å². The minimum atomic E-state index is -1.00. The van der Waals surface area contributed by atoms with Crippen LogP contribution in [0, 0.1) is 5.82 Å². The molecule has 0 unspecified atom stereocenters. The average molecular weight is 410 g/mol. The molecule has 4 rings (SSSR count). The third-order valence-corrected chi connectivity index (χ3v) is 5.21. The van der Waals surface area contributed by atoms with Crippen LogP contribution in [-0.2, 0) is 17.8 Å². The molecule has 2 aromatic carbocycles. The fraction of sp³-hybridized carbons (Fsp3) is 0.304. The van der Waals surface area contributed by atoms with Crippen molar-refractivity contribution in [1.82, 2.24) is 9.88 Å². The van der Waals surface area contributed by atoms with Gasteiger partial charge in [0.2, 0.25) is 5.89 Å². The molecule has 1 aromatic heterocycles. The zero-order valence-electron chi connectivity index (χ0n) is 16.5. The van der Waals surface area contributed by atoms with Crippen molar-refractivity contribution < 1.29 is 23.4 Å². The van der Waals surface area contributed by atoms with Gasteiger partial charge in [0.25, 0.3) is 0 Å². The number of aliphatic carboxylic acids is 1. The maximum Gasteiger partial charge on any atom is 0.341 e. The predicted molar refractivity (Wildman–Crippen MR) is 108 cm³/mol. The van der Waals surface area contributed by atoms with Gasteiger partial charge in [0.1, 0.15) is 17.3 Å². The number of benzene rings is 2. The van der Waals surface area contributed by atoms with Crippen LogP contribution in [-0.4, -0.2) is 34.1 Å². The standard InChI is InChI=1S/C23H23FN2O4/c24-20-5-2-1-4-17(20)12-19-13-25-23(30-19)21-6-3-11-26(21)14-16-7-9-18(10-8-16)29-15-22(27)28/h1-2,4-5,7-10,13,21H,3,6,11-12,14-15H2,(H,27,28)/t21-/m0/s1. The van der Waals surface area contributed by atoms with Crippen molar-refractivity contribution in [2.24, 2.45) is 0 Å². The van der Waals surface area contributed by atoms with Crippen LogP contribution in [0.1, 0.15) is 41.7 Å². The van der Waals surface area contributed by atoms with Crippen LogP contribution in [0.2, 0.25) is 0 Å². The van der Waals surface area contributed by atoms with Gasteiger partial charge in [-0.25, -0.2) is 14.2 Å². The van der Waals surface area contributed by atoms with E-state index in [1.54, 1.807) is 30.5 Å². The molecule has 0 spiro atoms. The first kappa shape index (κ1) is 20.1. The molecule has 156 valence electrons. The van der Waals surface area contributed by atoms with Gasteiger partial charge in [-0.2, -0.15) is 0 Å². The number of carbonyl (C=O) groups is 1. The van der Waals surface area contributed by atoms with E-state index in [9.17, 15) is 9.18 Å². The van der Waals surface area contributed by atoms with Gasteiger partial charge in [0.05, 0.1) is 12.2 Å². The topological polar surface area (TPSA) is 75.8 Å². The Morgan fingerprint density at radius 3 is 2.80 bits per heavy atom. The lowest BCUT2D eigenvalue weighted by atomic mass is 10.1. The van der Waals surface area contributed by atoms with E-state index in [0.29, 0.717) is 29.4 Å². The van der Waals surface area contributed by atoms with Gasteiger partial charge in [0.15, 0.2) is 6.61 Å². The lowest BCUT2D eigenvalue weighted by Crippen LogP contribution is -2.23. The van der Waals surface area contributed by atoms with Crippen molar-refractivity contribution in [2.45, 2.75) is 31.8 Å². The summed E-state index contributed by atoms with van der Waals surface area (Å²) in [7, 11) is 0. The van der Waals surface area contributed by atoms with Gasteiger partial charge in [-0.3, -0.25) is 4.90 Å². The number of likely N-dealkylation sites (tertiary alicyclic amines) is 1. The molecular formula is C23H23FN2O4. The quantitative estimate of drug-likeness (QED) is 0.600. The van der Waals surface area contributed by atoms with Gasteiger partial charge in [0, 0.05) is 13.0 Å². The Bertz CT molecular complexity index is 1000. The molecule has 1 fully saturated rings. The number of nitrogens with zero attached hydrogens (tertiary/aromatic N) is 2. The Morgan fingerprint density at radius 1 is 1.23 bits per heavy atom. The van der Waals surface area contributed by atoms with Gasteiger partial charge in [-0.05, 0) is 48.7 Å². The average Bonchev–Trinajstić information content (AvgIpc) is 3.38. The third-order valence-electron chi connectivity index (χ3n) is 5.21. The van der Waals surface area contributed by atoms with Crippen LogP contribution in [0.25, 0.3) is 0 Å². The summed E-state index contributed by atoms with van der Waals surface area (Å²) in [6.07, 6.45) is 4.08. The van der Waals surface area contributed by atoms with E-state index in [1.807, 2.05) is 18.2 Å². The lowest BCUT2D eigenvalue weighted by Gasteiger charge is -2.22. The Kier molecular flexibility index (Phi) is 6.09. The van der Waals surface area contributed by atoms with E-state index in [2.05, 4.69) is 9.88 Å². The van der Waals surface area contributed by atoms with Crippen LogP contribution in [0.4, 0.5) is 4.39 Å². The summed E-state index contributed by atoms with van der Waals surface area (Å²) in [6, 6.07) is 14.2. The summed E-state index contributed by atoms with van der Waals surface area (Å²) in [5.74, 6) is 0.611. The summed E-state index contributed by atoms with van der Waals surface area (Å²) in [5.41, 5.74) is 1.69. The van der Waals surface area contributed by atoms with Crippen molar-refractivity contribution in [3.63, 3.8) is 0 Å². The molecule has 0 radical (unpaired) electrons. The molecule has 2 heterocycles. The molecule has 30 heavy (non-hydrogen) atoms. The van der Waals surface area contributed by atoms with Crippen LogP contribution in [0.15, 0.2) is 59.1 Å². The highest BCUT2D eigenvalue weighted by Crippen LogP contribution is 2.33. The van der Waals surface area contributed by atoms with Crippen molar-refractivity contribution in [2.75, 3.05) is 13.2 Å². The molecule has 1 aliphatic heterocycles. The van der Waals surface area contributed by atoms with Crippen LogP contribution in [0.5, 0.6) is 5.75 Å². The molecule has 0 aliphatic carbocycles. The molecule has 1 N–H and O–H groups in total. The number of oxazole rings is 1. The molecule has 3 aromatic rings. The number of halogens is 1. The number of carboxylic acid groups (broad SMARTS) is 1. The van der Waals surface area contributed by atoms with E-state index in [4.69, 9.17) is 14.3 Å². The number of hydrogen-bond donors (Lipinski definition) is 1. The first-order chi connectivity index (χ1) is 14.6. The van der Waals surface area contributed by atoms with Gasteiger partial charge in [-0.1, -0.05) is 30.3 Å². The maximum atomic E-state index is 13.9. The summed E-state index contributed by atoms with van der Waals surface area (Å²) >= 11 is 0. The minimum Gasteiger partial charge on any atom is -0.482 e. The van der Waals surface area contributed by atoms with Crippen LogP contribution >= 0.6 is 0 Å². The zero-order valence-corrected chi connectivity index (χ0v) is 16.5. The summed E-state index contributed by atoms with van der Waals surface area (Å²) in [6.45, 7) is 1.31. The van der Waals surface area contributed by atoms with Crippen molar-refractivity contribution in [3.8, 4) is 5.75 Å². The molecule has 1 aliphatic rings. The van der Waals surface area contributed by atoms with Crippen LogP contribution in [0.3, 0.4) is 0 Å². The third kappa shape index (κ3) is 4.86. The van der Waals surface area contributed by atoms with Crippen molar-refractivity contribution >= 4 is 5.97 Å². The first-order valence-corrected chi connectivity index (χ1v) is 9.94. The zero-order chi connectivity index (χ0) is 20.9. The summed E-state index contributed by atoms with van der Waals surface area (Å²) in [4.78, 5) is 17.4. The molecule has 1 saturated heterocycles. The van der Waals surface area contributed by atoms with Gasteiger partial charge < -0.3 is 14.3 Å². The molecular weight excluding hydrogens is 387 g/mol. The lowest BCUT2D eigenvalue weighted by molar-refractivity contribution is -0.139. The second-order valence-corrected chi connectivity index (χ2v) is 7.39. The maximum absolute atomic E-state index is 13.9. The number of carboxylic acids is 1. The Hall–Kier alpha value is -3.19. The number of rotatable bonds is 8. The SMILES string of the molecule is O=C(O)COc1ccc(CN2CCC[C@H]2c2ncc(Cc3ccccc3F)o2)cc1. The first-order valence-electron chi connectivity index (χ1n) is 9.94. The number of aromatic nitrogens is 1.